The Kier molecular flexibility index (Phi) is 5.08. The van der Waals surface area contributed by atoms with Crippen LogP contribution in [-0.2, 0) is 11.3 Å². The second kappa shape index (κ2) is 7.22. The normalized spacial score (nSPS) is 19.0. The predicted molar refractivity (Wildman–Crippen MR) is 91.0 cm³/mol. The molecular weight excluding hydrogens is 314 g/mol. The molecule has 0 aliphatic heterocycles. The van der Waals surface area contributed by atoms with Crippen LogP contribution in [0.25, 0.3) is 0 Å². The summed E-state index contributed by atoms with van der Waals surface area (Å²) < 4.78 is 0. The van der Waals surface area contributed by atoms with Gasteiger partial charge in [-0.05, 0) is 53.8 Å². The number of hydrogen-bond donors (Lipinski definition) is 2. The summed E-state index contributed by atoms with van der Waals surface area (Å²) in [6.45, 7) is 0.542. The van der Waals surface area contributed by atoms with Gasteiger partial charge in [-0.3, -0.25) is 4.79 Å². The number of aliphatic hydroxyl groups is 1. The summed E-state index contributed by atoms with van der Waals surface area (Å²) in [5, 5.41) is 17.2. The van der Waals surface area contributed by atoms with Crippen LogP contribution in [0.1, 0.15) is 40.7 Å². The molecule has 5 heteroatoms. The molecule has 2 aromatic heterocycles. The van der Waals surface area contributed by atoms with E-state index in [1.165, 1.54) is 0 Å². The van der Waals surface area contributed by atoms with E-state index in [1.807, 2.05) is 29.0 Å². The number of carbonyl (C=O) groups excluding carboxylic acids is 1. The van der Waals surface area contributed by atoms with Crippen molar-refractivity contribution in [3.05, 3.63) is 56.4 Å². The molecule has 0 spiro atoms. The molecule has 0 radical (unpaired) electrons. The van der Waals surface area contributed by atoms with Gasteiger partial charge in [0.1, 0.15) is 6.10 Å². The van der Waals surface area contributed by atoms with Gasteiger partial charge >= 0.3 is 0 Å². The molecule has 3 rings (SSSR count). The first kappa shape index (κ1) is 15.5. The first-order valence-electron chi connectivity index (χ1n) is 7.45. The van der Waals surface area contributed by atoms with Gasteiger partial charge in [-0.2, -0.15) is 11.3 Å². The molecule has 0 saturated carbocycles. The smallest absolute Gasteiger partial charge is 0.223 e. The summed E-state index contributed by atoms with van der Waals surface area (Å²) in [6.07, 6.45) is 6.45. The summed E-state index contributed by atoms with van der Waals surface area (Å²) in [5.74, 6) is 0.249. The average Bonchev–Trinajstić information content (AvgIpc) is 3.24. The highest BCUT2D eigenvalue weighted by Gasteiger charge is 2.19. The van der Waals surface area contributed by atoms with Gasteiger partial charge in [-0.15, -0.1) is 11.3 Å². The molecule has 0 saturated heterocycles. The summed E-state index contributed by atoms with van der Waals surface area (Å²) in [7, 11) is 0. The maximum atomic E-state index is 12.1. The molecular formula is C17H19NO2S2. The minimum Gasteiger partial charge on any atom is -0.383 e. The lowest BCUT2D eigenvalue weighted by Crippen LogP contribution is -2.30. The van der Waals surface area contributed by atoms with Crippen molar-refractivity contribution in [2.75, 3.05) is 0 Å². The molecule has 2 N–H and O–H groups in total. The second-order valence-corrected chi connectivity index (χ2v) is 7.44. The highest BCUT2D eigenvalue weighted by molar-refractivity contribution is 7.12. The van der Waals surface area contributed by atoms with E-state index in [0.717, 1.165) is 34.6 Å². The maximum Gasteiger partial charge on any atom is 0.223 e. The fraction of sp³-hybridized carbons (Fsp3) is 0.353. The molecule has 22 heavy (non-hydrogen) atoms. The summed E-state index contributed by atoms with van der Waals surface area (Å²) in [4.78, 5) is 14.1. The molecule has 3 nitrogen and oxygen atoms in total. The molecule has 1 aliphatic carbocycles. The van der Waals surface area contributed by atoms with Crippen LogP contribution in [-0.4, -0.2) is 11.0 Å². The highest BCUT2D eigenvalue weighted by Crippen LogP contribution is 2.29. The van der Waals surface area contributed by atoms with Crippen LogP contribution >= 0.6 is 22.7 Å². The third-order valence-corrected chi connectivity index (χ3v) is 5.73. The van der Waals surface area contributed by atoms with E-state index < -0.39 is 6.10 Å². The number of allylic oxidation sites excluding steroid dienone is 2. The Hall–Kier alpha value is -1.43. The lowest BCUT2D eigenvalue weighted by Gasteiger charge is -2.16. The monoisotopic (exact) mass is 333 g/mol. The maximum absolute atomic E-state index is 12.1. The van der Waals surface area contributed by atoms with Crippen molar-refractivity contribution >= 4 is 28.6 Å². The van der Waals surface area contributed by atoms with E-state index in [-0.39, 0.29) is 11.8 Å². The van der Waals surface area contributed by atoms with Crippen LogP contribution in [0, 0.1) is 5.92 Å². The fourth-order valence-corrected chi connectivity index (χ4v) is 4.23. The lowest BCUT2D eigenvalue weighted by atomic mass is 9.94. The second-order valence-electron chi connectivity index (χ2n) is 5.46. The fourth-order valence-electron chi connectivity index (χ4n) is 2.58. The quantitative estimate of drug-likeness (QED) is 0.816. The van der Waals surface area contributed by atoms with Crippen LogP contribution < -0.4 is 5.32 Å². The Morgan fingerprint density at radius 2 is 2.27 bits per heavy atom. The van der Waals surface area contributed by atoms with Gasteiger partial charge in [0.25, 0.3) is 0 Å². The van der Waals surface area contributed by atoms with Gasteiger partial charge < -0.3 is 10.4 Å². The van der Waals surface area contributed by atoms with Gasteiger partial charge in [-0.1, -0.05) is 12.2 Å². The molecule has 0 bridgehead atoms. The number of nitrogens with one attached hydrogen (secondary N) is 1. The van der Waals surface area contributed by atoms with E-state index in [1.54, 1.807) is 22.7 Å². The summed E-state index contributed by atoms with van der Waals surface area (Å²) in [5.41, 5.74) is 0.927. The zero-order valence-electron chi connectivity index (χ0n) is 12.2. The summed E-state index contributed by atoms with van der Waals surface area (Å²) in [6, 6.07) is 5.86. The van der Waals surface area contributed by atoms with Crippen molar-refractivity contribution in [3.8, 4) is 0 Å². The van der Waals surface area contributed by atoms with Crippen LogP contribution in [0.15, 0.2) is 41.1 Å². The number of hydrogen-bond acceptors (Lipinski definition) is 4. The summed E-state index contributed by atoms with van der Waals surface area (Å²) >= 11 is 3.14. The predicted octanol–water partition coefficient (Wildman–Crippen LogP) is 3.86. The molecule has 2 aromatic rings. The van der Waals surface area contributed by atoms with Gasteiger partial charge in [0.2, 0.25) is 5.91 Å². The van der Waals surface area contributed by atoms with Gasteiger partial charge in [0.05, 0.1) is 6.54 Å². The average molecular weight is 333 g/mol. The Labute approximate surface area is 138 Å². The Morgan fingerprint density at radius 1 is 1.36 bits per heavy atom. The van der Waals surface area contributed by atoms with Crippen LogP contribution in [0.3, 0.4) is 0 Å². The van der Waals surface area contributed by atoms with Crippen LogP contribution in [0.4, 0.5) is 0 Å². The van der Waals surface area contributed by atoms with Crippen LogP contribution in [0.5, 0.6) is 0 Å². The van der Waals surface area contributed by atoms with Crippen molar-refractivity contribution in [1.29, 1.82) is 0 Å². The van der Waals surface area contributed by atoms with Gasteiger partial charge in [0.15, 0.2) is 0 Å². The Morgan fingerprint density at radius 3 is 3.00 bits per heavy atom. The van der Waals surface area contributed by atoms with Crippen LogP contribution in [0.2, 0.25) is 0 Å². The molecule has 1 aliphatic rings. The van der Waals surface area contributed by atoms with Crippen molar-refractivity contribution in [2.24, 2.45) is 5.92 Å². The number of carbonyl (C=O) groups is 1. The topological polar surface area (TPSA) is 49.3 Å². The van der Waals surface area contributed by atoms with E-state index in [2.05, 4.69) is 17.5 Å². The van der Waals surface area contributed by atoms with Crippen molar-refractivity contribution in [2.45, 2.75) is 31.9 Å². The Balaban J connectivity index is 1.55. The number of thiophene rings is 2. The molecule has 2 heterocycles. The molecule has 116 valence electrons. The third-order valence-electron chi connectivity index (χ3n) is 3.89. The van der Waals surface area contributed by atoms with Gasteiger partial charge in [0, 0.05) is 15.7 Å². The third kappa shape index (κ3) is 3.66. The number of aliphatic hydroxyl groups excluding tert-OH is 1. The minimum atomic E-state index is -0.566. The Bertz CT molecular complexity index is 645. The highest BCUT2D eigenvalue weighted by atomic mass is 32.1. The number of rotatable bonds is 5. The zero-order chi connectivity index (χ0) is 15.4. The molecule has 1 amide bonds. The van der Waals surface area contributed by atoms with Gasteiger partial charge in [-0.25, -0.2) is 0 Å². The van der Waals surface area contributed by atoms with Crippen molar-refractivity contribution < 1.29 is 9.90 Å². The lowest BCUT2D eigenvalue weighted by molar-refractivity contribution is -0.125. The minimum absolute atomic E-state index is 0.112. The first-order valence-corrected chi connectivity index (χ1v) is 9.21. The molecule has 2 unspecified atom stereocenters. The zero-order valence-corrected chi connectivity index (χ0v) is 13.8. The largest absolute Gasteiger partial charge is 0.383 e. The van der Waals surface area contributed by atoms with E-state index in [4.69, 9.17) is 0 Å². The molecule has 0 fully saturated rings. The first-order chi connectivity index (χ1) is 10.7. The number of amides is 1. The SMILES string of the molecule is O=C(NCc1ccc(C(O)c2ccsc2)s1)C1CC=CCC1. The van der Waals surface area contributed by atoms with E-state index in [9.17, 15) is 9.90 Å². The van der Waals surface area contributed by atoms with Crippen molar-refractivity contribution in [3.63, 3.8) is 0 Å². The molecule has 2 atom stereocenters. The van der Waals surface area contributed by atoms with E-state index >= 15 is 0 Å². The van der Waals surface area contributed by atoms with Crippen molar-refractivity contribution in [1.82, 2.24) is 5.32 Å². The molecule has 0 aromatic carbocycles. The van der Waals surface area contributed by atoms with E-state index in [0.29, 0.717) is 6.54 Å². The standard InChI is InChI=1S/C17H19NO2S2/c19-16(13-8-9-21-11-13)15-7-6-14(22-15)10-18-17(20)12-4-2-1-3-5-12/h1-2,6-9,11-12,16,19H,3-5,10H2,(H,18,20).